The SMILES string of the molecule is CNC(=O)c1ccc(C)c(Cl)c1F. The number of hydrogen-bond acceptors (Lipinski definition) is 1. The fourth-order valence-electron chi connectivity index (χ4n) is 0.956. The zero-order chi connectivity index (χ0) is 10.0. The molecular formula is C9H9ClFNO. The molecule has 0 radical (unpaired) electrons. The first-order valence-corrected chi connectivity index (χ1v) is 4.12. The van der Waals surface area contributed by atoms with Gasteiger partial charge in [0.15, 0.2) is 5.82 Å². The number of carbonyl (C=O) groups is 1. The van der Waals surface area contributed by atoms with Gasteiger partial charge in [-0.05, 0) is 18.6 Å². The summed E-state index contributed by atoms with van der Waals surface area (Å²) in [5.41, 5.74) is 0.588. The van der Waals surface area contributed by atoms with Gasteiger partial charge in [-0.25, -0.2) is 4.39 Å². The Morgan fingerprint density at radius 1 is 1.54 bits per heavy atom. The molecular weight excluding hydrogens is 193 g/mol. The van der Waals surface area contributed by atoms with Crippen molar-refractivity contribution in [3.05, 3.63) is 34.1 Å². The highest BCUT2D eigenvalue weighted by atomic mass is 35.5. The standard InChI is InChI=1S/C9H9ClFNO/c1-5-3-4-6(9(13)12-2)8(11)7(5)10/h3-4H,1-2H3,(H,12,13). The van der Waals surface area contributed by atoms with Gasteiger partial charge in [0.25, 0.3) is 5.91 Å². The van der Waals surface area contributed by atoms with Crippen LogP contribution in [0.3, 0.4) is 0 Å². The number of aryl methyl sites for hydroxylation is 1. The molecule has 4 heteroatoms. The van der Waals surface area contributed by atoms with Gasteiger partial charge in [-0.15, -0.1) is 0 Å². The minimum absolute atomic E-state index is 0.00102. The van der Waals surface area contributed by atoms with E-state index in [1.807, 2.05) is 0 Å². The summed E-state index contributed by atoms with van der Waals surface area (Å²) in [5, 5.41) is 2.33. The lowest BCUT2D eigenvalue weighted by Crippen LogP contribution is -2.19. The minimum atomic E-state index is -0.666. The number of halogens is 2. The molecule has 0 saturated heterocycles. The van der Waals surface area contributed by atoms with Gasteiger partial charge in [-0.2, -0.15) is 0 Å². The van der Waals surface area contributed by atoms with Crippen molar-refractivity contribution in [2.45, 2.75) is 6.92 Å². The lowest BCUT2D eigenvalue weighted by atomic mass is 10.1. The molecule has 1 rings (SSSR count). The Hall–Kier alpha value is -1.09. The van der Waals surface area contributed by atoms with Crippen molar-refractivity contribution in [2.75, 3.05) is 7.05 Å². The Labute approximate surface area is 80.7 Å². The van der Waals surface area contributed by atoms with Crippen molar-refractivity contribution < 1.29 is 9.18 Å². The number of rotatable bonds is 1. The molecule has 70 valence electrons. The minimum Gasteiger partial charge on any atom is -0.355 e. The number of carbonyl (C=O) groups excluding carboxylic acids is 1. The topological polar surface area (TPSA) is 29.1 Å². The summed E-state index contributed by atoms with van der Waals surface area (Å²) in [5.74, 6) is -1.14. The summed E-state index contributed by atoms with van der Waals surface area (Å²) in [6.45, 7) is 1.68. The highest BCUT2D eigenvalue weighted by molar-refractivity contribution is 6.31. The molecule has 0 aliphatic carbocycles. The molecule has 13 heavy (non-hydrogen) atoms. The van der Waals surface area contributed by atoms with Crippen LogP contribution in [0.1, 0.15) is 15.9 Å². The van der Waals surface area contributed by atoms with Crippen molar-refractivity contribution >= 4 is 17.5 Å². The van der Waals surface area contributed by atoms with Crippen molar-refractivity contribution in [3.8, 4) is 0 Å². The van der Waals surface area contributed by atoms with Crippen molar-refractivity contribution in [1.82, 2.24) is 5.32 Å². The van der Waals surface area contributed by atoms with E-state index in [-0.39, 0.29) is 10.6 Å². The molecule has 0 saturated carbocycles. The predicted molar refractivity (Wildman–Crippen MR) is 49.5 cm³/mol. The van der Waals surface area contributed by atoms with Crippen LogP contribution in [0.15, 0.2) is 12.1 Å². The van der Waals surface area contributed by atoms with Gasteiger partial charge in [-0.1, -0.05) is 17.7 Å². The third kappa shape index (κ3) is 1.80. The number of nitrogens with one attached hydrogen (secondary N) is 1. The van der Waals surface area contributed by atoms with E-state index in [0.29, 0.717) is 5.56 Å². The van der Waals surface area contributed by atoms with E-state index >= 15 is 0 Å². The zero-order valence-electron chi connectivity index (χ0n) is 7.32. The summed E-state index contributed by atoms with van der Waals surface area (Å²) < 4.78 is 13.3. The summed E-state index contributed by atoms with van der Waals surface area (Å²) >= 11 is 5.63. The maximum Gasteiger partial charge on any atom is 0.254 e. The normalized spacial score (nSPS) is 9.85. The highest BCUT2D eigenvalue weighted by Crippen LogP contribution is 2.22. The first-order chi connectivity index (χ1) is 6.07. The maximum atomic E-state index is 13.3. The molecule has 1 N–H and O–H groups in total. The Morgan fingerprint density at radius 2 is 2.15 bits per heavy atom. The van der Waals surface area contributed by atoms with Gasteiger partial charge < -0.3 is 5.32 Å². The van der Waals surface area contributed by atoms with E-state index in [4.69, 9.17) is 11.6 Å². The Bertz CT molecular complexity index is 352. The Balaban J connectivity index is 3.26. The average molecular weight is 202 g/mol. The summed E-state index contributed by atoms with van der Waals surface area (Å²) in [6, 6.07) is 3.02. The highest BCUT2D eigenvalue weighted by Gasteiger charge is 2.14. The molecule has 1 aromatic rings. The quantitative estimate of drug-likeness (QED) is 0.741. The molecule has 0 fully saturated rings. The van der Waals surface area contributed by atoms with Gasteiger partial charge in [0, 0.05) is 7.05 Å². The van der Waals surface area contributed by atoms with Crippen LogP contribution in [0, 0.1) is 12.7 Å². The second-order valence-electron chi connectivity index (χ2n) is 2.64. The first kappa shape index (κ1) is 9.99. The van der Waals surface area contributed by atoms with Crippen LogP contribution in [-0.2, 0) is 0 Å². The van der Waals surface area contributed by atoms with Crippen LogP contribution in [-0.4, -0.2) is 13.0 Å². The molecule has 1 amide bonds. The first-order valence-electron chi connectivity index (χ1n) is 3.74. The van der Waals surface area contributed by atoms with E-state index in [2.05, 4.69) is 5.32 Å². The van der Waals surface area contributed by atoms with Crippen LogP contribution >= 0.6 is 11.6 Å². The predicted octanol–water partition coefficient (Wildman–Crippen LogP) is 2.15. The van der Waals surface area contributed by atoms with Gasteiger partial charge in [0.1, 0.15) is 0 Å². The van der Waals surface area contributed by atoms with E-state index in [1.54, 1.807) is 13.0 Å². The smallest absolute Gasteiger partial charge is 0.254 e. The van der Waals surface area contributed by atoms with Crippen LogP contribution in [0.2, 0.25) is 5.02 Å². The van der Waals surface area contributed by atoms with Crippen LogP contribution in [0.5, 0.6) is 0 Å². The molecule has 0 heterocycles. The molecule has 0 spiro atoms. The van der Waals surface area contributed by atoms with E-state index < -0.39 is 11.7 Å². The molecule has 0 unspecified atom stereocenters. The fraction of sp³-hybridized carbons (Fsp3) is 0.222. The summed E-state index contributed by atoms with van der Waals surface area (Å²) in [4.78, 5) is 11.1. The molecule has 0 bridgehead atoms. The lowest BCUT2D eigenvalue weighted by molar-refractivity contribution is 0.0959. The molecule has 0 aliphatic heterocycles. The van der Waals surface area contributed by atoms with Crippen molar-refractivity contribution in [3.63, 3.8) is 0 Å². The van der Waals surface area contributed by atoms with Crippen LogP contribution in [0.25, 0.3) is 0 Å². The van der Waals surface area contributed by atoms with Crippen molar-refractivity contribution in [2.24, 2.45) is 0 Å². The Kier molecular flexibility index (Phi) is 2.88. The third-order valence-electron chi connectivity index (χ3n) is 1.75. The van der Waals surface area contributed by atoms with Gasteiger partial charge >= 0.3 is 0 Å². The maximum absolute atomic E-state index is 13.3. The lowest BCUT2D eigenvalue weighted by Gasteiger charge is -2.04. The fourth-order valence-corrected chi connectivity index (χ4v) is 1.12. The molecule has 2 nitrogen and oxygen atoms in total. The second kappa shape index (κ2) is 3.75. The number of benzene rings is 1. The molecule has 1 aromatic carbocycles. The van der Waals surface area contributed by atoms with Gasteiger partial charge in [0.05, 0.1) is 10.6 Å². The summed E-state index contributed by atoms with van der Waals surface area (Å²) in [6.07, 6.45) is 0. The molecule has 0 aromatic heterocycles. The second-order valence-corrected chi connectivity index (χ2v) is 3.02. The number of amides is 1. The number of hydrogen-bond donors (Lipinski definition) is 1. The van der Waals surface area contributed by atoms with E-state index in [9.17, 15) is 9.18 Å². The average Bonchev–Trinajstić information content (AvgIpc) is 2.13. The molecule has 0 atom stereocenters. The largest absolute Gasteiger partial charge is 0.355 e. The van der Waals surface area contributed by atoms with Crippen molar-refractivity contribution in [1.29, 1.82) is 0 Å². The van der Waals surface area contributed by atoms with E-state index in [1.165, 1.54) is 13.1 Å². The zero-order valence-corrected chi connectivity index (χ0v) is 8.07. The van der Waals surface area contributed by atoms with Gasteiger partial charge in [0.2, 0.25) is 0 Å². The monoisotopic (exact) mass is 201 g/mol. The van der Waals surface area contributed by atoms with Gasteiger partial charge in [-0.3, -0.25) is 4.79 Å². The summed E-state index contributed by atoms with van der Waals surface area (Å²) in [7, 11) is 1.44. The molecule has 0 aliphatic rings. The third-order valence-corrected chi connectivity index (χ3v) is 2.21. The van der Waals surface area contributed by atoms with Crippen LogP contribution in [0.4, 0.5) is 4.39 Å². The van der Waals surface area contributed by atoms with E-state index in [0.717, 1.165) is 0 Å². The van der Waals surface area contributed by atoms with Crippen LogP contribution < -0.4 is 5.32 Å². The Morgan fingerprint density at radius 3 is 2.69 bits per heavy atom.